The zero-order valence-electron chi connectivity index (χ0n) is 13.4. The lowest BCUT2D eigenvalue weighted by atomic mass is 9.77. The van der Waals surface area contributed by atoms with Crippen molar-refractivity contribution in [1.82, 2.24) is 5.32 Å². The van der Waals surface area contributed by atoms with Crippen LogP contribution in [0.5, 0.6) is 0 Å². The Morgan fingerprint density at radius 2 is 1.86 bits per heavy atom. The van der Waals surface area contributed by atoms with Crippen molar-refractivity contribution in [2.75, 3.05) is 6.54 Å². The van der Waals surface area contributed by atoms with Crippen LogP contribution in [-0.4, -0.2) is 12.1 Å². The van der Waals surface area contributed by atoms with Crippen LogP contribution >= 0.6 is 34.5 Å². The molecule has 0 radical (unpaired) electrons. The summed E-state index contributed by atoms with van der Waals surface area (Å²) in [5.41, 5.74) is 1.96. The monoisotopic (exact) mass is 347 g/mol. The standard InChI is InChI=1S/C17H27Cl2NS/c1-16(2,3)20-11-10-17(7-4-5-8-17)9-6-13-12-14(18)21-15(13)19/h12,20H,4-11H2,1-3H3. The summed E-state index contributed by atoms with van der Waals surface area (Å²) in [5, 5.41) is 3.64. The zero-order chi connectivity index (χ0) is 15.5. The van der Waals surface area contributed by atoms with Gasteiger partial charge in [-0.15, -0.1) is 11.3 Å². The van der Waals surface area contributed by atoms with Crippen molar-refractivity contribution >= 4 is 34.5 Å². The summed E-state index contributed by atoms with van der Waals surface area (Å²) in [6, 6.07) is 2.05. The lowest BCUT2D eigenvalue weighted by Gasteiger charge is -2.31. The van der Waals surface area contributed by atoms with E-state index >= 15 is 0 Å². The minimum atomic E-state index is 0.212. The second kappa shape index (κ2) is 7.21. The van der Waals surface area contributed by atoms with Gasteiger partial charge in [0.05, 0.1) is 8.67 Å². The predicted molar refractivity (Wildman–Crippen MR) is 95.9 cm³/mol. The minimum absolute atomic E-state index is 0.212. The molecule has 0 aromatic carbocycles. The van der Waals surface area contributed by atoms with Gasteiger partial charge < -0.3 is 5.32 Å². The smallest absolute Gasteiger partial charge is 0.0976 e. The summed E-state index contributed by atoms with van der Waals surface area (Å²) in [6.07, 6.45) is 9.09. The van der Waals surface area contributed by atoms with Crippen LogP contribution in [0.3, 0.4) is 0 Å². The molecular formula is C17H27Cl2NS. The van der Waals surface area contributed by atoms with E-state index < -0.39 is 0 Å². The molecular weight excluding hydrogens is 321 g/mol. The number of thiophene rings is 1. The van der Waals surface area contributed by atoms with Gasteiger partial charge in [-0.05, 0) is 76.5 Å². The van der Waals surface area contributed by atoms with Crippen LogP contribution in [-0.2, 0) is 6.42 Å². The maximum atomic E-state index is 6.26. The predicted octanol–water partition coefficient (Wildman–Crippen LogP) is 6.33. The van der Waals surface area contributed by atoms with Crippen molar-refractivity contribution in [3.05, 3.63) is 20.3 Å². The lowest BCUT2D eigenvalue weighted by Crippen LogP contribution is -2.38. The van der Waals surface area contributed by atoms with E-state index in [1.807, 2.05) is 6.07 Å². The second-order valence-electron chi connectivity index (χ2n) is 7.48. The maximum absolute atomic E-state index is 6.26. The fraction of sp³-hybridized carbons (Fsp3) is 0.765. The van der Waals surface area contributed by atoms with E-state index in [2.05, 4.69) is 26.1 Å². The molecule has 0 spiro atoms. The molecule has 0 amide bonds. The Bertz CT molecular complexity index is 456. The summed E-state index contributed by atoms with van der Waals surface area (Å²) in [7, 11) is 0. The first-order valence-corrected chi connectivity index (χ1v) is 9.56. The van der Waals surface area contributed by atoms with E-state index in [0.717, 1.165) is 21.6 Å². The van der Waals surface area contributed by atoms with Gasteiger partial charge in [0.25, 0.3) is 0 Å². The molecule has 2 rings (SSSR count). The number of aryl methyl sites for hydroxylation is 1. The largest absolute Gasteiger partial charge is 0.312 e. The third kappa shape index (κ3) is 5.42. The molecule has 0 atom stereocenters. The van der Waals surface area contributed by atoms with Gasteiger partial charge in [-0.1, -0.05) is 36.0 Å². The number of hydrogen-bond donors (Lipinski definition) is 1. The van der Waals surface area contributed by atoms with Crippen LogP contribution in [0.4, 0.5) is 0 Å². The molecule has 21 heavy (non-hydrogen) atoms. The van der Waals surface area contributed by atoms with Gasteiger partial charge in [-0.25, -0.2) is 0 Å². The molecule has 1 nitrogen and oxygen atoms in total. The first-order valence-electron chi connectivity index (χ1n) is 7.98. The fourth-order valence-electron chi connectivity index (χ4n) is 3.40. The van der Waals surface area contributed by atoms with Gasteiger partial charge in [0.1, 0.15) is 0 Å². The SMILES string of the molecule is CC(C)(C)NCCC1(CCc2cc(Cl)sc2Cl)CCCC1. The highest BCUT2D eigenvalue weighted by atomic mass is 35.5. The number of nitrogens with one attached hydrogen (secondary N) is 1. The molecule has 0 unspecified atom stereocenters. The van der Waals surface area contributed by atoms with Gasteiger partial charge in [0.15, 0.2) is 0 Å². The van der Waals surface area contributed by atoms with Crippen molar-refractivity contribution in [3.63, 3.8) is 0 Å². The van der Waals surface area contributed by atoms with Gasteiger partial charge in [0.2, 0.25) is 0 Å². The fourth-order valence-corrected chi connectivity index (χ4v) is 4.94. The van der Waals surface area contributed by atoms with Crippen molar-refractivity contribution < 1.29 is 0 Å². The van der Waals surface area contributed by atoms with Crippen LogP contribution in [0.25, 0.3) is 0 Å². The van der Waals surface area contributed by atoms with E-state index in [1.165, 1.54) is 55.4 Å². The first kappa shape index (κ1) is 17.6. The molecule has 120 valence electrons. The maximum Gasteiger partial charge on any atom is 0.0976 e. The van der Waals surface area contributed by atoms with Crippen molar-refractivity contribution in [2.45, 2.75) is 71.3 Å². The summed E-state index contributed by atoms with van der Waals surface area (Å²) in [5.74, 6) is 0. The van der Waals surface area contributed by atoms with Crippen molar-refractivity contribution in [1.29, 1.82) is 0 Å². The normalized spacial score (nSPS) is 18.3. The molecule has 1 heterocycles. The summed E-state index contributed by atoms with van der Waals surface area (Å²) in [4.78, 5) is 0. The van der Waals surface area contributed by atoms with Crippen molar-refractivity contribution in [3.8, 4) is 0 Å². The average molecular weight is 348 g/mol. The summed E-state index contributed by atoms with van der Waals surface area (Å²) >= 11 is 13.8. The minimum Gasteiger partial charge on any atom is -0.312 e. The Kier molecular flexibility index (Phi) is 6.04. The van der Waals surface area contributed by atoms with E-state index in [9.17, 15) is 0 Å². The highest BCUT2D eigenvalue weighted by Crippen LogP contribution is 2.45. The van der Waals surface area contributed by atoms with Gasteiger partial charge in [-0.2, -0.15) is 0 Å². The number of halogens is 2. The van der Waals surface area contributed by atoms with Crippen LogP contribution in [0.2, 0.25) is 8.67 Å². The Morgan fingerprint density at radius 3 is 2.38 bits per heavy atom. The third-order valence-electron chi connectivity index (χ3n) is 4.63. The van der Waals surface area contributed by atoms with E-state index in [1.54, 1.807) is 0 Å². The van der Waals surface area contributed by atoms with Crippen LogP contribution < -0.4 is 5.32 Å². The van der Waals surface area contributed by atoms with Gasteiger partial charge >= 0.3 is 0 Å². The summed E-state index contributed by atoms with van der Waals surface area (Å²) in [6.45, 7) is 7.83. The quantitative estimate of drug-likeness (QED) is 0.634. The average Bonchev–Trinajstić information content (AvgIpc) is 2.93. The molecule has 4 heteroatoms. The Labute approximate surface area is 143 Å². The number of hydrogen-bond acceptors (Lipinski definition) is 2. The highest BCUT2D eigenvalue weighted by molar-refractivity contribution is 7.20. The molecule has 1 aliphatic rings. The molecule has 1 aliphatic carbocycles. The van der Waals surface area contributed by atoms with E-state index in [-0.39, 0.29) is 5.54 Å². The van der Waals surface area contributed by atoms with Crippen molar-refractivity contribution in [2.24, 2.45) is 5.41 Å². The summed E-state index contributed by atoms with van der Waals surface area (Å²) < 4.78 is 1.69. The van der Waals surface area contributed by atoms with Crippen LogP contribution in [0, 0.1) is 5.41 Å². The lowest BCUT2D eigenvalue weighted by molar-refractivity contribution is 0.235. The topological polar surface area (TPSA) is 12.0 Å². The first-order chi connectivity index (χ1) is 9.80. The second-order valence-corrected chi connectivity index (χ2v) is 9.77. The van der Waals surface area contributed by atoms with Gasteiger partial charge in [-0.3, -0.25) is 0 Å². The van der Waals surface area contributed by atoms with E-state index in [4.69, 9.17) is 23.2 Å². The van der Waals surface area contributed by atoms with E-state index in [0.29, 0.717) is 5.41 Å². The Hall–Kier alpha value is 0.240. The van der Waals surface area contributed by atoms with Gasteiger partial charge in [0, 0.05) is 5.54 Å². The third-order valence-corrected chi connectivity index (χ3v) is 6.20. The Balaban J connectivity index is 1.90. The molecule has 1 saturated carbocycles. The molecule has 1 fully saturated rings. The molecule has 1 aromatic heterocycles. The molecule has 0 saturated heterocycles. The highest BCUT2D eigenvalue weighted by Gasteiger charge is 2.33. The molecule has 1 aromatic rings. The van der Waals surface area contributed by atoms with Crippen LogP contribution in [0.15, 0.2) is 6.07 Å². The number of rotatable bonds is 6. The molecule has 0 aliphatic heterocycles. The Morgan fingerprint density at radius 1 is 1.19 bits per heavy atom. The molecule has 1 N–H and O–H groups in total. The van der Waals surface area contributed by atoms with Crippen LogP contribution in [0.1, 0.15) is 64.9 Å². The zero-order valence-corrected chi connectivity index (χ0v) is 15.7. The molecule has 0 bridgehead atoms.